The molecular formula is C11H7ClF3NO. The molecule has 0 aliphatic rings. The van der Waals surface area contributed by atoms with Gasteiger partial charge in [-0.1, -0.05) is 6.07 Å². The Labute approximate surface area is 100 Å². The first-order chi connectivity index (χ1) is 8.00. The minimum atomic E-state index is -4.38. The molecule has 0 bridgehead atoms. The molecule has 90 valence electrons. The largest absolute Gasteiger partial charge is 0.444 e. The Hall–Kier alpha value is -1.49. The molecule has 2 aromatic rings. The number of rotatable bonds is 2. The number of hydrogen-bond donors (Lipinski definition) is 0. The van der Waals surface area contributed by atoms with Crippen LogP contribution in [0.1, 0.15) is 11.3 Å². The first-order valence-electron chi connectivity index (χ1n) is 4.68. The van der Waals surface area contributed by atoms with Gasteiger partial charge in [0.25, 0.3) is 0 Å². The minimum absolute atomic E-state index is 0.131. The van der Waals surface area contributed by atoms with Crippen LogP contribution in [0.4, 0.5) is 13.2 Å². The van der Waals surface area contributed by atoms with E-state index in [-0.39, 0.29) is 17.3 Å². The summed E-state index contributed by atoms with van der Waals surface area (Å²) in [5.41, 5.74) is 0.0240. The van der Waals surface area contributed by atoms with Crippen molar-refractivity contribution in [2.75, 3.05) is 0 Å². The minimum Gasteiger partial charge on any atom is -0.444 e. The highest BCUT2D eigenvalue weighted by atomic mass is 35.5. The van der Waals surface area contributed by atoms with Gasteiger partial charge in [-0.3, -0.25) is 0 Å². The van der Waals surface area contributed by atoms with Gasteiger partial charge in [0.1, 0.15) is 6.26 Å². The van der Waals surface area contributed by atoms with Gasteiger partial charge >= 0.3 is 6.18 Å². The number of halogens is 4. The Morgan fingerprint density at radius 2 is 2.06 bits per heavy atom. The molecule has 2 rings (SSSR count). The monoisotopic (exact) mass is 261 g/mol. The van der Waals surface area contributed by atoms with Gasteiger partial charge in [0.05, 0.1) is 17.1 Å². The van der Waals surface area contributed by atoms with Crippen LogP contribution in [-0.2, 0) is 12.1 Å². The predicted octanol–water partition coefficient (Wildman–Crippen LogP) is 4.10. The van der Waals surface area contributed by atoms with Crippen LogP contribution in [0.3, 0.4) is 0 Å². The molecule has 17 heavy (non-hydrogen) atoms. The van der Waals surface area contributed by atoms with Crippen molar-refractivity contribution < 1.29 is 17.6 Å². The molecule has 0 saturated carbocycles. The Kier molecular flexibility index (Phi) is 3.11. The zero-order valence-electron chi connectivity index (χ0n) is 8.46. The summed E-state index contributed by atoms with van der Waals surface area (Å²) in [5.74, 6) is 0.286. The fraction of sp³-hybridized carbons (Fsp3) is 0.182. The van der Waals surface area contributed by atoms with E-state index in [4.69, 9.17) is 16.0 Å². The fourth-order valence-corrected chi connectivity index (χ4v) is 1.45. The van der Waals surface area contributed by atoms with Crippen LogP contribution >= 0.6 is 11.6 Å². The summed E-state index contributed by atoms with van der Waals surface area (Å²) in [6.45, 7) is 0. The lowest BCUT2D eigenvalue weighted by Gasteiger charge is -2.06. The summed E-state index contributed by atoms with van der Waals surface area (Å²) < 4.78 is 42.5. The third-order valence-corrected chi connectivity index (χ3v) is 2.40. The highest BCUT2D eigenvalue weighted by molar-refractivity contribution is 6.16. The van der Waals surface area contributed by atoms with Crippen molar-refractivity contribution in [2.45, 2.75) is 12.1 Å². The van der Waals surface area contributed by atoms with E-state index in [0.717, 1.165) is 12.1 Å². The summed E-state index contributed by atoms with van der Waals surface area (Å²) >= 11 is 5.53. The quantitative estimate of drug-likeness (QED) is 0.761. The van der Waals surface area contributed by atoms with Crippen LogP contribution < -0.4 is 0 Å². The van der Waals surface area contributed by atoms with E-state index in [9.17, 15) is 13.2 Å². The van der Waals surface area contributed by atoms with Gasteiger partial charge in [0.2, 0.25) is 5.89 Å². The molecule has 2 nitrogen and oxygen atoms in total. The van der Waals surface area contributed by atoms with Crippen LogP contribution in [0.2, 0.25) is 0 Å². The van der Waals surface area contributed by atoms with Crippen molar-refractivity contribution in [3.63, 3.8) is 0 Å². The number of hydrogen-bond acceptors (Lipinski definition) is 2. The lowest BCUT2D eigenvalue weighted by molar-refractivity contribution is -0.137. The maximum Gasteiger partial charge on any atom is 0.416 e. The second kappa shape index (κ2) is 4.41. The first-order valence-corrected chi connectivity index (χ1v) is 5.22. The third kappa shape index (κ3) is 2.61. The normalized spacial score (nSPS) is 11.8. The van der Waals surface area contributed by atoms with E-state index in [0.29, 0.717) is 5.69 Å². The molecule has 0 spiro atoms. The number of alkyl halides is 4. The molecule has 0 amide bonds. The Bertz CT molecular complexity index is 521. The highest BCUT2D eigenvalue weighted by Crippen LogP contribution is 2.31. The molecular weight excluding hydrogens is 255 g/mol. The van der Waals surface area contributed by atoms with Crippen LogP contribution in [0.5, 0.6) is 0 Å². The van der Waals surface area contributed by atoms with Crippen molar-refractivity contribution in [1.29, 1.82) is 0 Å². The molecule has 0 atom stereocenters. The summed E-state index contributed by atoms with van der Waals surface area (Å²) in [5, 5.41) is 0. The Morgan fingerprint density at radius 3 is 2.65 bits per heavy atom. The maximum absolute atomic E-state index is 12.5. The van der Waals surface area contributed by atoms with E-state index in [1.165, 1.54) is 18.4 Å². The smallest absolute Gasteiger partial charge is 0.416 e. The van der Waals surface area contributed by atoms with E-state index >= 15 is 0 Å². The zero-order chi connectivity index (χ0) is 12.5. The summed E-state index contributed by atoms with van der Waals surface area (Å²) in [6.07, 6.45) is -3.06. The maximum atomic E-state index is 12.5. The van der Waals surface area contributed by atoms with Gasteiger partial charge in [-0.25, -0.2) is 4.98 Å². The SMILES string of the molecule is FC(F)(F)c1cccc(-c2nc(CCl)co2)c1. The van der Waals surface area contributed by atoms with Crippen molar-refractivity contribution in [3.8, 4) is 11.5 Å². The third-order valence-electron chi connectivity index (χ3n) is 2.13. The van der Waals surface area contributed by atoms with Crippen LogP contribution in [-0.4, -0.2) is 4.98 Å². The molecule has 1 aromatic carbocycles. The first kappa shape index (κ1) is 12.0. The van der Waals surface area contributed by atoms with Crippen molar-refractivity contribution in [2.24, 2.45) is 0 Å². The van der Waals surface area contributed by atoms with Crippen LogP contribution in [0, 0.1) is 0 Å². The molecule has 0 N–H and O–H groups in total. The molecule has 0 saturated heterocycles. The summed E-state index contributed by atoms with van der Waals surface area (Å²) in [6, 6.07) is 4.79. The average molecular weight is 262 g/mol. The lowest BCUT2D eigenvalue weighted by Crippen LogP contribution is -2.04. The molecule has 1 heterocycles. The summed E-state index contributed by atoms with van der Waals surface area (Å²) in [4.78, 5) is 3.96. The van der Waals surface area contributed by atoms with Gasteiger partial charge in [-0.05, 0) is 18.2 Å². The van der Waals surface area contributed by atoms with Gasteiger partial charge < -0.3 is 4.42 Å². The number of aromatic nitrogens is 1. The number of oxazole rings is 1. The summed E-state index contributed by atoms with van der Waals surface area (Å²) in [7, 11) is 0. The van der Waals surface area contributed by atoms with Crippen molar-refractivity contribution in [3.05, 3.63) is 41.8 Å². The van der Waals surface area contributed by atoms with E-state index < -0.39 is 11.7 Å². The average Bonchev–Trinajstić information content (AvgIpc) is 2.76. The van der Waals surface area contributed by atoms with Gasteiger partial charge in [-0.15, -0.1) is 11.6 Å². The highest BCUT2D eigenvalue weighted by Gasteiger charge is 2.30. The molecule has 0 radical (unpaired) electrons. The second-order valence-corrected chi connectivity index (χ2v) is 3.62. The van der Waals surface area contributed by atoms with E-state index in [2.05, 4.69) is 4.98 Å². The topological polar surface area (TPSA) is 26.0 Å². The number of nitrogens with zero attached hydrogens (tertiary/aromatic N) is 1. The Balaban J connectivity index is 2.39. The van der Waals surface area contributed by atoms with Crippen molar-refractivity contribution in [1.82, 2.24) is 4.98 Å². The molecule has 0 unspecified atom stereocenters. The molecule has 0 fully saturated rings. The molecule has 6 heteroatoms. The second-order valence-electron chi connectivity index (χ2n) is 3.36. The van der Waals surface area contributed by atoms with Crippen LogP contribution in [0.25, 0.3) is 11.5 Å². The van der Waals surface area contributed by atoms with Gasteiger partial charge in [0.15, 0.2) is 0 Å². The van der Waals surface area contributed by atoms with E-state index in [1.54, 1.807) is 0 Å². The standard InChI is InChI=1S/C11H7ClF3NO/c12-5-9-6-17-10(16-9)7-2-1-3-8(4-7)11(13,14)15/h1-4,6H,5H2. The number of benzene rings is 1. The van der Waals surface area contributed by atoms with Gasteiger partial charge in [-0.2, -0.15) is 13.2 Å². The molecule has 1 aromatic heterocycles. The molecule has 0 aliphatic heterocycles. The Morgan fingerprint density at radius 1 is 1.29 bits per heavy atom. The van der Waals surface area contributed by atoms with Crippen molar-refractivity contribution >= 4 is 11.6 Å². The fourth-order valence-electron chi connectivity index (χ4n) is 1.33. The lowest BCUT2D eigenvalue weighted by atomic mass is 10.1. The van der Waals surface area contributed by atoms with E-state index in [1.807, 2.05) is 0 Å². The molecule has 0 aliphatic carbocycles. The van der Waals surface area contributed by atoms with Crippen LogP contribution in [0.15, 0.2) is 34.9 Å². The van der Waals surface area contributed by atoms with Gasteiger partial charge in [0, 0.05) is 5.56 Å². The zero-order valence-corrected chi connectivity index (χ0v) is 9.22. The predicted molar refractivity (Wildman–Crippen MR) is 56.5 cm³/mol.